The molecule has 0 spiro atoms. The number of hydrogen-bond donors (Lipinski definition) is 4. The maximum Gasteiger partial charge on any atom is 0.488 e. The van der Waals surface area contributed by atoms with E-state index in [-0.39, 0.29) is 23.4 Å². The molecule has 1 aliphatic rings. The summed E-state index contributed by atoms with van der Waals surface area (Å²) in [5.74, 6) is -1.32. The zero-order valence-electron chi connectivity index (χ0n) is 11.7. The molecule has 2 amide bonds. The second kappa shape index (κ2) is 6.56. The number of aliphatic hydroxyl groups is 1. The van der Waals surface area contributed by atoms with Crippen LogP contribution in [-0.4, -0.2) is 57.1 Å². The number of β-amino-alcohol motifs (C(OH)–C–C–N with tert-alkyl or cyclic N) is 1. The fraction of sp³-hybridized carbons (Fsp3) is 0.167. The molecule has 1 heterocycles. The molecule has 0 aliphatic carbocycles. The fourth-order valence-electron chi connectivity index (χ4n) is 2.03. The first kappa shape index (κ1) is 16.6. The molecule has 4 N–H and O–H groups in total. The highest BCUT2D eigenvalue weighted by atomic mass is 16.6. The van der Waals surface area contributed by atoms with Crippen LogP contribution in [0.1, 0.15) is 0 Å². The molecule has 0 saturated carbocycles. The van der Waals surface area contributed by atoms with Crippen molar-refractivity contribution in [2.45, 2.75) is 0 Å². The van der Waals surface area contributed by atoms with Crippen LogP contribution in [0.5, 0.6) is 0 Å². The first-order valence-corrected chi connectivity index (χ1v) is 6.44. The predicted molar refractivity (Wildman–Crippen MR) is 78.4 cm³/mol. The van der Waals surface area contributed by atoms with Crippen LogP contribution in [0.2, 0.25) is 0 Å². The van der Waals surface area contributed by atoms with Gasteiger partial charge in [-0.1, -0.05) is 0 Å². The van der Waals surface area contributed by atoms with Crippen LogP contribution in [0.15, 0.2) is 30.0 Å². The average Bonchev–Trinajstić information content (AvgIpc) is 2.75. The molecule has 0 bridgehead atoms. The molecular formula is C12H12BN3O7. The standard InChI is InChI=1S/C12H12BN3O7/c17-2-1-15-11(18)6-10(12(15)19)14-8-3-7(13(20)21)4-9(5-8)16(22)23/h3-6,14,17,20-21H,1-2H2. The lowest BCUT2D eigenvalue weighted by Crippen LogP contribution is -2.34. The topological polar surface area (TPSA) is 153 Å². The number of non-ortho nitro benzene ring substituents is 1. The Balaban J connectivity index is 2.30. The third-order valence-corrected chi connectivity index (χ3v) is 3.06. The van der Waals surface area contributed by atoms with Gasteiger partial charge in [0.15, 0.2) is 0 Å². The van der Waals surface area contributed by atoms with E-state index >= 15 is 0 Å². The Morgan fingerprint density at radius 1 is 1.26 bits per heavy atom. The van der Waals surface area contributed by atoms with Crippen molar-refractivity contribution < 1.29 is 29.7 Å². The Kier molecular flexibility index (Phi) is 4.74. The summed E-state index contributed by atoms with van der Waals surface area (Å²) in [7, 11) is -1.93. The number of amides is 2. The van der Waals surface area contributed by atoms with Gasteiger partial charge in [0.25, 0.3) is 17.5 Å². The highest BCUT2D eigenvalue weighted by molar-refractivity contribution is 6.58. The maximum atomic E-state index is 12.0. The molecule has 1 aromatic rings. The molecule has 0 radical (unpaired) electrons. The van der Waals surface area contributed by atoms with Crippen LogP contribution in [0.25, 0.3) is 0 Å². The van der Waals surface area contributed by atoms with Gasteiger partial charge >= 0.3 is 7.12 Å². The zero-order chi connectivity index (χ0) is 17.1. The molecule has 1 aromatic carbocycles. The number of rotatable bonds is 6. The predicted octanol–water partition coefficient (Wildman–Crippen LogP) is -2.07. The van der Waals surface area contributed by atoms with Gasteiger partial charge in [-0.3, -0.25) is 24.6 Å². The van der Waals surface area contributed by atoms with Crippen LogP contribution in [0.4, 0.5) is 11.4 Å². The van der Waals surface area contributed by atoms with E-state index < -0.39 is 36.2 Å². The Morgan fingerprint density at radius 2 is 1.96 bits per heavy atom. The third-order valence-electron chi connectivity index (χ3n) is 3.06. The van der Waals surface area contributed by atoms with Gasteiger partial charge in [0.1, 0.15) is 5.70 Å². The minimum Gasteiger partial charge on any atom is -0.423 e. The second-order valence-corrected chi connectivity index (χ2v) is 4.65. The van der Waals surface area contributed by atoms with Crippen LogP contribution in [0.3, 0.4) is 0 Å². The number of imide groups is 1. The lowest BCUT2D eigenvalue weighted by molar-refractivity contribution is -0.384. The van der Waals surface area contributed by atoms with Crippen molar-refractivity contribution >= 4 is 35.8 Å². The van der Waals surface area contributed by atoms with Crippen molar-refractivity contribution in [2.24, 2.45) is 0 Å². The van der Waals surface area contributed by atoms with Crippen LogP contribution < -0.4 is 10.8 Å². The van der Waals surface area contributed by atoms with Crippen molar-refractivity contribution in [3.05, 3.63) is 40.1 Å². The highest BCUT2D eigenvalue weighted by Gasteiger charge is 2.31. The molecule has 0 unspecified atom stereocenters. The minimum atomic E-state index is -1.93. The third kappa shape index (κ3) is 3.53. The Bertz CT molecular complexity index is 704. The van der Waals surface area contributed by atoms with Crippen molar-refractivity contribution in [1.29, 1.82) is 0 Å². The molecule has 10 nitrogen and oxygen atoms in total. The molecule has 23 heavy (non-hydrogen) atoms. The summed E-state index contributed by atoms with van der Waals surface area (Å²) in [4.78, 5) is 34.5. The number of benzene rings is 1. The number of nitrogens with zero attached hydrogens (tertiary/aromatic N) is 2. The molecule has 11 heteroatoms. The summed E-state index contributed by atoms with van der Waals surface area (Å²) >= 11 is 0. The minimum absolute atomic E-state index is 0.0422. The molecule has 0 fully saturated rings. The van der Waals surface area contributed by atoms with Crippen molar-refractivity contribution in [1.82, 2.24) is 4.90 Å². The van der Waals surface area contributed by atoms with Gasteiger partial charge in [0, 0.05) is 23.9 Å². The van der Waals surface area contributed by atoms with E-state index in [1.165, 1.54) is 6.07 Å². The Hall–Kier alpha value is -2.76. The van der Waals surface area contributed by atoms with Crippen LogP contribution in [0, 0.1) is 10.1 Å². The van der Waals surface area contributed by atoms with Crippen LogP contribution >= 0.6 is 0 Å². The number of nitro benzene ring substituents is 1. The SMILES string of the molecule is O=C1C=C(Nc2cc(B(O)O)cc([N+](=O)[O-])c2)C(=O)N1CCO. The molecule has 0 saturated heterocycles. The number of hydrogen-bond acceptors (Lipinski definition) is 8. The molecule has 0 aromatic heterocycles. The second-order valence-electron chi connectivity index (χ2n) is 4.65. The average molecular weight is 321 g/mol. The normalized spacial score (nSPS) is 14.0. The molecule has 1 aliphatic heterocycles. The van der Waals surface area contributed by atoms with Gasteiger partial charge in [0.2, 0.25) is 0 Å². The maximum absolute atomic E-state index is 12.0. The summed E-state index contributed by atoms with van der Waals surface area (Å²) in [5.41, 5.74) is -0.656. The quantitative estimate of drug-likeness (QED) is 0.202. The summed E-state index contributed by atoms with van der Waals surface area (Å²) in [6.45, 7) is -0.564. The summed E-state index contributed by atoms with van der Waals surface area (Å²) < 4.78 is 0. The number of carbonyl (C=O) groups excluding carboxylic acids is 2. The number of nitro groups is 1. The molecule has 120 valence electrons. The molecule has 2 rings (SSSR count). The van der Waals surface area contributed by atoms with Gasteiger partial charge < -0.3 is 20.5 Å². The monoisotopic (exact) mass is 321 g/mol. The van der Waals surface area contributed by atoms with E-state index in [9.17, 15) is 19.7 Å². The number of aliphatic hydroxyl groups excluding tert-OH is 1. The van der Waals surface area contributed by atoms with E-state index in [0.29, 0.717) is 0 Å². The van der Waals surface area contributed by atoms with E-state index in [1.54, 1.807) is 0 Å². The van der Waals surface area contributed by atoms with E-state index in [1.807, 2.05) is 0 Å². The lowest BCUT2D eigenvalue weighted by atomic mass is 9.80. The summed E-state index contributed by atoms with van der Waals surface area (Å²) in [5, 5.41) is 40.5. The molecule has 0 atom stereocenters. The van der Waals surface area contributed by atoms with Gasteiger partial charge in [-0.05, 0) is 11.5 Å². The number of anilines is 1. The van der Waals surface area contributed by atoms with E-state index in [2.05, 4.69) is 5.32 Å². The Morgan fingerprint density at radius 3 is 2.52 bits per heavy atom. The molecular weight excluding hydrogens is 309 g/mol. The Labute approximate surface area is 129 Å². The highest BCUT2D eigenvalue weighted by Crippen LogP contribution is 2.20. The van der Waals surface area contributed by atoms with Crippen LogP contribution in [-0.2, 0) is 9.59 Å². The van der Waals surface area contributed by atoms with Crippen molar-refractivity contribution in [3.63, 3.8) is 0 Å². The first-order valence-electron chi connectivity index (χ1n) is 6.44. The van der Waals surface area contributed by atoms with Gasteiger partial charge in [0.05, 0.1) is 18.1 Å². The fourth-order valence-corrected chi connectivity index (χ4v) is 2.03. The number of carbonyl (C=O) groups is 2. The van der Waals surface area contributed by atoms with Crippen molar-refractivity contribution in [3.8, 4) is 0 Å². The van der Waals surface area contributed by atoms with Gasteiger partial charge in [-0.2, -0.15) is 0 Å². The number of nitrogens with one attached hydrogen (secondary N) is 1. The summed E-state index contributed by atoms with van der Waals surface area (Å²) in [6, 6.07) is 3.26. The first-order chi connectivity index (χ1) is 10.8. The van der Waals surface area contributed by atoms with Gasteiger partial charge in [-0.15, -0.1) is 0 Å². The van der Waals surface area contributed by atoms with Gasteiger partial charge in [-0.25, -0.2) is 0 Å². The zero-order valence-corrected chi connectivity index (χ0v) is 11.7. The lowest BCUT2D eigenvalue weighted by Gasteiger charge is -2.13. The smallest absolute Gasteiger partial charge is 0.423 e. The summed E-state index contributed by atoms with van der Waals surface area (Å²) in [6.07, 6.45) is 0.992. The van der Waals surface area contributed by atoms with E-state index in [0.717, 1.165) is 23.1 Å². The largest absolute Gasteiger partial charge is 0.488 e. The van der Waals surface area contributed by atoms with E-state index in [4.69, 9.17) is 15.2 Å². The van der Waals surface area contributed by atoms with Crippen molar-refractivity contribution in [2.75, 3.05) is 18.5 Å².